The second-order valence-corrected chi connectivity index (χ2v) is 12.7. The summed E-state index contributed by atoms with van der Waals surface area (Å²) in [7, 11) is 0. The van der Waals surface area contributed by atoms with Gasteiger partial charge in [0.25, 0.3) is 0 Å². The van der Waals surface area contributed by atoms with Crippen molar-refractivity contribution in [2.75, 3.05) is 10.2 Å². The largest absolute Gasteiger partial charge is 0.366 e. The fraction of sp³-hybridized carbons (Fsp3) is 0.256. The summed E-state index contributed by atoms with van der Waals surface area (Å²) in [6.45, 7) is 0. The molecule has 1 aromatic heterocycles. The van der Waals surface area contributed by atoms with E-state index >= 15 is 0 Å². The van der Waals surface area contributed by atoms with Crippen LogP contribution in [-0.4, -0.2) is 23.2 Å². The molecule has 1 saturated heterocycles. The van der Waals surface area contributed by atoms with E-state index < -0.39 is 0 Å². The van der Waals surface area contributed by atoms with Gasteiger partial charge in [0.2, 0.25) is 0 Å². The normalized spacial score (nSPS) is 32.3. The average Bonchev–Trinajstić information content (AvgIpc) is 3.42. The molecule has 0 bridgehead atoms. The van der Waals surface area contributed by atoms with Gasteiger partial charge in [-0.05, 0) is 66.2 Å². The molecule has 2 N–H and O–H groups in total. The minimum absolute atomic E-state index is 0.128. The number of anilines is 2. The van der Waals surface area contributed by atoms with E-state index in [0.29, 0.717) is 29.7 Å². The number of para-hydroxylation sites is 1. The van der Waals surface area contributed by atoms with Crippen molar-refractivity contribution in [2.24, 2.45) is 17.8 Å². The highest BCUT2D eigenvalue weighted by Gasteiger charge is 2.50. The molecule has 3 aliphatic heterocycles. The van der Waals surface area contributed by atoms with Crippen LogP contribution in [-0.2, 0) is 0 Å². The predicted molar refractivity (Wildman–Crippen MR) is 177 cm³/mol. The Hall–Kier alpha value is -4.57. The van der Waals surface area contributed by atoms with Crippen LogP contribution in [0.5, 0.6) is 0 Å². The molecule has 7 aliphatic rings. The smallest absolute Gasteiger partial charge is 0.134 e. The predicted octanol–water partition coefficient (Wildman–Crippen LogP) is 7.84. The molecule has 212 valence electrons. The third-order valence-electron chi connectivity index (χ3n) is 10.4. The monoisotopic (exact) mass is 560 g/mol. The summed E-state index contributed by atoms with van der Waals surface area (Å²) >= 11 is 0. The average molecular weight is 561 g/mol. The minimum Gasteiger partial charge on any atom is -0.366 e. The number of fused-ring (bicyclic) bond motifs is 6. The topological polar surface area (TPSA) is 40.2 Å². The highest BCUT2D eigenvalue weighted by molar-refractivity contribution is 5.74. The van der Waals surface area contributed by atoms with Gasteiger partial charge in [-0.25, -0.2) is 4.98 Å². The van der Waals surface area contributed by atoms with Crippen molar-refractivity contribution in [1.82, 2.24) is 10.3 Å². The molecule has 7 atom stereocenters. The van der Waals surface area contributed by atoms with E-state index in [2.05, 4.69) is 143 Å². The maximum atomic E-state index is 5.04. The standard InChI is InChI=1S/C39H36N4/c1-2-9-25(10-3-1)33-23-21-27-22-24-34(41-38(27)40-33)26-17-19-28(20-18-26)39-42-35-15-8-14-32-30-12-5-4-11-29(30)31-13-6-7-16-36(31)43(39)37(32)35/h1-2,4-9,11-19,21-24,28-30,32,34,37,39,42H,3,10,20H2,(H,40,41). The molecule has 7 unspecified atom stereocenters. The number of pyridine rings is 1. The molecule has 43 heavy (non-hydrogen) atoms. The van der Waals surface area contributed by atoms with E-state index in [9.17, 15) is 0 Å². The van der Waals surface area contributed by atoms with Crippen LogP contribution in [0, 0.1) is 17.8 Å². The lowest BCUT2D eigenvalue weighted by Gasteiger charge is -2.38. The first-order valence-electron chi connectivity index (χ1n) is 15.9. The Bertz CT molecular complexity index is 1760. The molecule has 1 aromatic carbocycles. The van der Waals surface area contributed by atoms with Crippen LogP contribution < -0.4 is 15.5 Å². The molecule has 0 radical (unpaired) electrons. The van der Waals surface area contributed by atoms with Gasteiger partial charge >= 0.3 is 0 Å². The van der Waals surface area contributed by atoms with Gasteiger partial charge in [0, 0.05) is 34.7 Å². The van der Waals surface area contributed by atoms with Crippen LogP contribution in [0.15, 0.2) is 133 Å². The van der Waals surface area contributed by atoms with E-state index in [1.54, 1.807) is 0 Å². The molecule has 4 heteroatoms. The van der Waals surface area contributed by atoms with E-state index in [0.717, 1.165) is 36.3 Å². The van der Waals surface area contributed by atoms with Crippen molar-refractivity contribution in [3.8, 4) is 0 Å². The molecule has 2 aromatic rings. The first-order valence-corrected chi connectivity index (χ1v) is 15.9. The number of hydrogen-bond acceptors (Lipinski definition) is 4. The van der Waals surface area contributed by atoms with Crippen molar-refractivity contribution >= 4 is 23.2 Å². The third-order valence-corrected chi connectivity index (χ3v) is 10.4. The van der Waals surface area contributed by atoms with Crippen molar-refractivity contribution < 1.29 is 0 Å². The summed E-state index contributed by atoms with van der Waals surface area (Å²) in [5, 5.41) is 7.74. The Morgan fingerprint density at radius 3 is 2.65 bits per heavy atom. The van der Waals surface area contributed by atoms with E-state index in [-0.39, 0.29) is 12.2 Å². The SMILES string of the molecule is C1=CCCC(c2ccc3c(n2)NC(C2=CCC(C4NC5=CC=CC6C7C=CC=CC7c7ccccc7N4C56)C=C2)C=C3)=C1. The van der Waals surface area contributed by atoms with Crippen molar-refractivity contribution in [1.29, 1.82) is 0 Å². The lowest BCUT2D eigenvalue weighted by atomic mass is 9.72. The van der Waals surface area contributed by atoms with Crippen LogP contribution in [0.4, 0.5) is 11.5 Å². The summed E-state index contributed by atoms with van der Waals surface area (Å²) in [5.74, 6) is 2.65. The lowest BCUT2D eigenvalue weighted by Crippen LogP contribution is -2.46. The van der Waals surface area contributed by atoms with E-state index in [4.69, 9.17) is 4.98 Å². The van der Waals surface area contributed by atoms with Crippen LogP contribution in [0.25, 0.3) is 11.6 Å². The molecular formula is C39H36N4. The van der Waals surface area contributed by atoms with E-state index in [1.807, 2.05) is 0 Å². The molecule has 4 heterocycles. The Kier molecular flexibility index (Phi) is 5.82. The molecule has 0 saturated carbocycles. The van der Waals surface area contributed by atoms with Gasteiger partial charge in [-0.1, -0.05) is 103 Å². The van der Waals surface area contributed by atoms with Gasteiger partial charge in [-0.15, -0.1) is 0 Å². The maximum Gasteiger partial charge on any atom is 0.134 e. The van der Waals surface area contributed by atoms with Crippen molar-refractivity contribution in [3.63, 3.8) is 0 Å². The molecule has 4 aliphatic carbocycles. The quantitative estimate of drug-likeness (QED) is 0.401. The molecule has 9 rings (SSSR count). The molecular weight excluding hydrogens is 524 g/mol. The zero-order valence-corrected chi connectivity index (χ0v) is 24.2. The summed E-state index contributed by atoms with van der Waals surface area (Å²) in [5.41, 5.74) is 9.05. The summed E-state index contributed by atoms with van der Waals surface area (Å²) in [6.07, 6.45) is 38.0. The van der Waals surface area contributed by atoms with Gasteiger partial charge in [0.1, 0.15) is 12.0 Å². The van der Waals surface area contributed by atoms with Crippen LogP contribution in [0.1, 0.15) is 42.0 Å². The molecule has 0 amide bonds. The third kappa shape index (κ3) is 4.07. The molecule has 1 fully saturated rings. The number of aromatic nitrogens is 1. The number of benzene rings is 1. The summed E-state index contributed by atoms with van der Waals surface area (Å²) in [6, 6.07) is 13.9. The Labute approximate surface area is 254 Å². The van der Waals surface area contributed by atoms with Crippen LogP contribution >= 0.6 is 0 Å². The Morgan fingerprint density at radius 2 is 1.74 bits per heavy atom. The highest BCUT2D eigenvalue weighted by atomic mass is 15.4. The summed E-state index contributed by atoms with van der Waals surface area (Å²) < 4.78 is 0. The maximum absolute atomic E-state index is 5.04. The first kappa shape index (κ1) is 25.0. The fourth-order valence-electron chi connectivity index (χ4n) is 8.26. The van der Waals surface area contributed by atoms with Gasteiger partial charge in [0.15, 0.2) is 0 Å². The molecule has 0 spiro atoms. The minimum atomic E-state index is 0.128. The second kappa shape index (κ2) is 10.0. The Morgan fingerprint density at radius 1 is 0.814 bits per heavy atom. The molecule has 4 nitrogen and oxygen atoms in total. The second-order valence-electron chi connectivity index (χ2n) is 12.7. The van der Waals surface area contributed by atoms with Crippen molar-refractivity contribution in [3.05, 3.63) is 150 Å². The zero-order valence-electron chi connectivity index (χ0n) is 24.2. The first-order chi connectivity index (χ1) is 21.3. The fourth-order valence-corrected chi connectivity index (χ4v) is 8.26. The zero-order chi connectivity index (χ0) is 28.3. The van der Waals surface area contributed by atoms with Crippen LogP contribution in [0.3, 0.4) is 0 Å². The van der Waals surface area contributed by atoms with Gasteiger partial charge in [0.05, 0.1) is 17.8 Å². The van der Waals surface area contributed by atoms with Crippen LogP contribution in [0.2, 0.25) is 0 Å². The number of nitrogens with zero attached hydrogens (tertiary/aromatic N) is 2. The highest BCUT2D eigenvalue weighted by Crippen LogP contribution is 2.51. The van der Waals surface area contributed by atoms with Gasteiger partial charge < -0.3 is 15.5 Å². The number of hydrogen-bond donors (Lipinski definition) is 2. The van der Waals surface area contributed by atoms with Gasteiger partial charge in [-0.3, -0.25) is 0 Å². The number of rotatable bonds is 3. The van der Waals surface area contributed by atoms with Crippen molar-refractivity contribution in [2.45, 2.75) is 43.4 Å². The Balaban J connectivity index is 0.990. The summed E-state index contributed by atoms with van der Waals surface area (Å²) in [4.78, 5) is 7.76. The number of nitrogens with one attached hydrogen (secondary N) is 2. The van der Waals surface area contributed by atoms with Gasteiger partial charge in [-0.2, -0.15) is 0 Å². The van der Waals surface area contributed by atoms with E-state index in [1.165, 1.54) is 28.1 Å². The lowest BCUT2D eigenvalue weighted by molar-refractivity contribution is 0.388. The number of allylic oxidation sites excluding steroid dienone is 11.